The van der Waals surface area contributed by atoms with Gasteiger partial charge in [0.15, 0.2) is 5.96 Å². The molecule has 1 heterocycles. The van der Waals surface area contributed by atoms with E-state index in [1.807, 2.05) is 12.1 Å². The summed E-state index contributed by atoms with van der Waals surface area (Å²) in [7, 11) is 0. The maximum Gasteiger partial charge on any atom is 0.280 e. The van der Waals surface area contributed by atoms with Crippen molar-refractivity contribution in [2.24, 2.45) is 16.5 Å². The number of nitrogens with zero attached hydrogens (tertiary/aromatic N) is 1. The summed E-state index contributed by atoms with van der Waals surface area (Å²) in [6.07, 6.45) is 2.19. The van der Waals surface area contributed by atoms with Gasteiger partial charge in [-0.05, 0) is 30.5 Å². The Kier molecular flexibility index (Phi) is 3.34. The Morgan fingerprint density at radius 1 is 1.39 bits per heavy atom. The first-order chi connectivity index (χ1) is 8.37. The summed E-state index contributed by atoms with van der Waals surface area (Å²) < 4.78 is 0.213. The van der Waals surface area contributed by atoms with Gasteiger partial charge in [-0.2, -0.15) is 4.99 Å². The predicted molar refractivity (Wildman–Crippen MR) is 74.8 cm³/mol. The molecule has 1 aliphatic rings. The fourth-order valence-electron chi connectivity index (χ4n) is 1.96. The molecular weight excluding hydrogens is 246 g/mol. The maximum atomic E-state index is 11.7. The zero-order valence-corrected chi connectivity index (χ0v) is 11.4. The Hall–Kier alpha value is -1.49. The van der Waals surface area contributed by atoms with E-state index >= 15 is 0 Å². The van der Waals surface area contributed by atoms with E-state index in [2.05, 4.69) is 18.8 Å². The number of amides is 1. The third-order valence-corrected chi connectivity index (χ3v) is 4.28. The summed E-state index contributed by atoms with van der Waals surface area (Å²) >= 11 is 1.80. The second-order valence-electron chi connectivity index (χ2n) is 5.03. The number of guanidine groups is 1. The van der Waals surface area contributed by atoms with Gasteiger partial charge in [-0.25, -0.2) is 0 Å². The summed E-state index contributed by atoms with van der Waals surface area (Å²) in [6, 6.07) is 5.66. The minimum Gasteiger partial charge on any atom is -0.370 e. The highest BCUT2D eigenvalue weighted by Gasteiger charge is 2.26. The van der Waals surface area contributed by atoms with E-state index < -0.39 is 0 Å². The Morgan fingerprint density at radius 3 is 2.78 bits per heavy atom. The largest absolute Gasteiger partial charge is 0.370 e. The topological polar surface area (TPSA) is 81.5 Å². The molecule has 1 aromatic carbocycles. The molecule has 4 nitrogen and oxygen atoms in total. The van der Waals surface area contributed by atoms with Crippen molar-refractivity contribution in [1.82, 2.24) is 0 Å². The van der Waals surface area contributed by atoms with Crippen LogP contribution in [0.2, 0.25) is 0 Å². The molecule has 0 saturated heterocycles. The summed E-state index contributed by atoms with van der Waals surface area (Å²) in [4.78, 5) is 16.5. The summed E-state index contributed by atoms with van der Waals surface area (Å²) in [5.74, 6) is -0.590. The van der Waals surface area contributed by atoms with Crippen LogP contribution in [0.4, 0.5) is 0 Å². The smallest absolute Gasteiger partial charge is 0.280 e. The van der Waals surface area contributed by atoms with Crippen LogP contribution in [0.1, 0.15) is 36.2 Å². The van der Waals surface area contributed by atoms with E-state index in [1.54, 1.807) is 17.8 Å². The lowest BCUT2D eigenvalue weighted by Crippen LogP contribution is -2.24. The molecule has 0 atom stereocenters. The van der Waals surface area contributed by atoms with Gasteiger partial charge >= 0.3 is 0 Å². The van der Waals surface area contributed by atoms with E-state index in [4.69, 9.17) is 11.5 Å². The quantitative estimate of drug-likeness (QED) is 0.599. The molecule has 5 heteroatoms. The standard InChI is InChI=1S/C13H17N3OS/c1-13(2)6-5-8-3-4-9(7-10(8)18-13)11(17)16-12(14)15/h3-4,7H,5-6H2,1-2H3,(H4,14,15,16,17). The van der Waals surface area contributed by atoms with Crippen LogP contribution in [-0.2, 0) is 6.42 Å². The first-order valence-corrected chi connectivity index (χ1v) is 6.65. The highest BCUT2D eigenvalue weighted by Crippen LogP contribution is 2.42. The van der Waals surface area contributed by atoms with Crippen molar-refractivity contribution in [2.75, 3.05) is 0 Å². The maximum absolute atomic E-state index is 11.7. The molecule has 0 bridgehead atoms. The number of benzene rings is 1. The number of carbonyl (C=O) groups is 1. The average Bonchev–Trinajstić information content (AvgIpc) is 2.25. The number of carbonyl (C=O) groups excluding carboxylic acids is 1. The minimum absolute atomic E-state index is 0.203. The molecule has 0 unspecified atom stereocenters. The van der Waals surface area contributed by atoms with Crippen molar-refractivity contribution >= 4 is 23.6 Å². The van der Waals surface area contributed by atoms with Crippen LogP contribution in [-0.4, -0.2) is 16.6 Å². The van der Waals surface area contributed by atoms with Gasteiger partial charge in [-0.15, -0.1) is 11.8 Å². The van der Waals surface area contributed by atoms with Crippen molar-refractivity contribution in [3.8, 4) is 0 Å². The van der Waals surface area contributed by atoms with E-state index in [1.165, 1.54) is 5.56 Å². The molecule has 0 aromatic heterocycles. The number of nitrogens with two attached hydrogens (primary N) is 2. The second-order valence-corrected chi connectivity index (χ2v) is 6.78. The van der Waals surface area contributed by atoms with E-state index in [0.717, 1.165) is 17.7 Å². The number of thioether (sulfide) groups is 1. The van der Waals surface area contributed by atoms with Crippen molar-refractivity contribution in [2.45, 2.75) is 36.3 Å². The van der Waals surface area contributed by atoms with Crippen molar-refractivity contribution in [3.63, 3.8) is 0 Å². The van der Waals surface area contributed by atoms with Crippen molar-refractivity contribution in [3.05, 3.63) is 29.3 Å². The molecule has 1 amide bonds. The normalized spacial score (nSPS) is 16.8. The van der Waals surface area contributed by atoms with Crippen LogP contribution in [0.15, 0.2) is 28.1 Å². The SMILES string of the molecule is CC1(C)CCc2ccc(C(=O)N=C(N)N)cc2S1. The van der Waals surface area contributed by atoms with E-state index in [-0.39, 0.29) is 16.6 Å². The number of rotatable bonds is 1. The zero-order valence-electron chi connectivity index (χ0n) is 10.6. The Morgan fingerprint density at radius 2 is 2.11 bits per heavy atom. The van der Waals surface area contributed by atoms with Gasteiger partial charge in [-0.3, -0.25) is 4.79 Å². The summed E-state index contributed by atoms with van der Waals surface area (Å²) in [5, 5.41) is 0. The lowest BCUT2D eigenvalue weighted by atomic mass is 10.00. The third-order valence-electron chi connectivity index (χ3n) is 2.93. The lowest BCUT2D eigenvalue weighted by molar-refractivity contribution is 0.100. The monoisotopic (exact) mass is 263 g/mol. The highest BCUT2D eigenvalue weighted by atomic mass is 32.2. The number of aliphatic imine (C=N–C) groups is 1. The number of hydrogen-bond donors (Lipinski definition) is 2. The minimum atomic E-state index is -0.387. The van der Waals surface area contributed by atoms with Gasteiger partial charge in [0.1, 0.15) is 0 Å². The van der Waals surface area contributed by atoms with Gasteiger partial charge in [0.25, 0.3) is 5.91 Å². The lowest BCUT2D eigenvalue weighted by Gasteiger charge is -2.30. The van der Waals surface area contributed by atoms with Gasteiger partial charge < -0.3 is 11.5 Å². The predicted octanol–water partition coefficient (Wildman–Crippen LogP) is 1.92. The first-order valence-electron chi connectivity index (χ1n) is 5.83. The Bertz CT molecular complexity index is 519. The third kappa shape index (κ3) is 2.85. The molecule has 0 fully saturated rings. The molecule has 4 N–H and O–H groups in total. The Labute approximate surface area is 111 Å². The molecule has 1 aromatic rings. The molecule has 0 spiro atoms. The highest BCUT2D eigenvalue weighted by molar-refractivity contribution is 8.00. The van der Waals surface area contributed by atoms with E-state index in [0.29, 0.717) is 5.56 Å². The van der Waals surface area contributed by atoms with Gasteiger partial charge in [0.2, 0.25) is 0 Å². The fraction of sp³-hybridized carbons (Fsp3) is 0.385. The average molecular weight is 263 g/mol. The number of aryl methyl sites for hydroxylation is 1. The molecular formula is C13H17N3OS. The van der Waals surface area contributed by atoms with Gasteiger partial charge in [0.05, 0.1) is 0 Å². The van der Waals surface area contributed by atoms with Crippen LogP contribution in [0, 0.1) is 0 Å². The molecule has 96 valence electrons. The Balaban J connectivity index is 2.32. The van der Waals surface area contributed by atoms with Crippen LogP contribution < -0.4 is 11.5 Å². The number of hydrogen-bond acceptors (Lipinski definition) is 2. The van der Waals surface area contributed by atoms with Gasteiger partial charge in [0, 0.05) is 15.2 Å². The molecule has 1 aliphatic heterocycles. The molecule has 2 rings (SSSR count). The van der Waals surface area contributed by atoms with Gasteiger partial charge in [-0.1, -0.05) is 19.9 Å². The second kappa shape index (κ2) is 4.65. The molecule has 0 aliphatic carbocycles. The van der Waals surface area contributed by atoms with Crippen LogP contribution in [0.25, 0.3) is 0 Å². The molecule has 0 saturated carbocycles. The molecule has 18 heavy (non-hydrogen) atoms. The zero-order chi connectivity index (χ0) is 13.3. The summed E-state index contributed by atoms with van der Waals surface area (Å²) in [5.41, 5.74) is 12.3. The van der Waals surface area contributed by atoms with E-state index in [9.17, 15) is 4.79 Å². The van der Waals surface area contributed by atoms with Crippen LogP contribution in [0.5, 0.6) is 0 Å². The van der Waals surface area contributed by atoms with Crippen molar-refractivity contribution in [1.29, 1.82) is 0 Å². The number of fused-ring (bicyclic) bond motifs is 1. The van der Waals surface area contributed by atoms with Crippen LogP contribution in [0.3, 0.4) is 0 Å². The van der Waals surface area contributed by atoms with Crippen LogP contribution >= 0.6 is 11.8 Å². The summed E-state index contributed by atoms with van der Waals surface area (Å²) in [6.45, 7) is 4.43. The first kappa shape index (κ1) is 13.0. The van der Waals surface area contributed by atoms with Crippen molar-refractivity contribution < 1.29 is 4.79 Å². The molecule has 0 radical (unpaired) electrons. The fourth-order valence-corrected chi connectivity index (χ4v) is 3.24.